The van der Waals surface area contributed by atoms with Crippen molar-refractivity contribution < 1.29 is 9.53 Å². The van der Waals surface area contributed by atoms with Crippen LogP contribution >= 0.6 is 11.8 Å². The number of hydrogen-bond acceptors (Lipinski definition) is 5. The molecule has 1 heterocycles. The van der Waals surface area contributed by atoms with Gasteiger partial charge in [0, 0.05) is 0 Å². The number of para-hydroxylation sites is 2. The van der Waals surface area contributed by atoms with E-state index in [4.69, 9.17) is 4.74 Å². The van der Waals surface area contributed by atoms with E-state index in [0.717, 1.165) is 5.69 Å². The SMILES string of the molecule is CSc1nn(-c2ccccc2)c(NC(=O)COc2ccccc2)c1C#N. The van der Waals surface area contributed by atoms with Gasteiger partial charge in [0.25, 0.3) is 5.91 Å². The van der Waals surface area contributed by atoms with E-state index in [-0.39, 0.29) is 12.5 Å². The largest absolute Gasteiger partial charge is 0.484 e. The molecular weight excluding hydrogens is 348 g/mol. The van der Waals surface area contributed by atoms with Crippen LogP contribution in [0.1, 0.15) is 5.56 Å². The summed E-state index contributed by atoms with van der Waals surface area (Å²) in [7, 11) is 0. The molecule has 6 nitrogen and oxygen atoms in total. The Bertz CT molecular complexity index is 933. The fraction of sp³-hybridized carbons (Fsp3) is 0.105. The molecule has 130 valence electrons. The van der Waals surface area contributed by atoms with Crippen molar-refractivity contribution in [2.45, 2.75) is 5.03 Å². The Morgan fingerprint density at radius 3 is 2.46 bits per heavy atom. The second-order valence-electron chi connectivity index (χ2n) is 5.24. The van der Waals surface area contributed by atoms with Gasteiger partial charge in [-0.3, -0.25) is 4.79 Å². The van der Waals surface area contributed by atoms with E-state index in [1.165, 1.54) is 11.8 Å². The summed E-state index contributed by atoms with van der Waals surface area (Å²) in [6.07, 6.45) is 1.84. The number of thioether (sulfide) groups is 1. The number of anilines is 1. The van der Waals surface area contributed by atoms with Crippen molar-refractivity contribution >= 4 is 23.5 Å². The van der Waals surface area contributed by atoms with E-state index < -0.39 is 0 Å². The van der Waals surface area contributed by atoms with Crippen LogP contribution in [0, 0.1) is 11.3 Å². The molecular formula is C19H16N4O2S. The third-order valence-corrected chi connectivity index (χ3v) is 4.20. The number of hydrogen-bond donors (Lipinski definition) is 1. The number of amides is 1. The van der Waals surface area contributed by atoms with Gasteiger partial charge >= 0.3 is 0 Å². The minimum absolute atomic E-state index is 0.163. The molecule has 3 rings (SSSR count). The maximum Gasteiger partial charge on any atom is 0.263 e. The second-order valence-corrected chi connectivity index (χ2v) is 6.04. The van der Waals surface area contributed by atoms with E-state index in [0.29, 0.717) is 22.2 Å². The van der Waals surface area contributed by atoms with Gasteiger partial charge in [0.1, 0.15) is 22.4 Å². The molecule has 2 aromatic carbocycles. The van der Waals surface area contributed by atoms with E-state index in [1.807, 2.05) is 54.8 Å². The van der Waals surface area contributed by atoms with Crippen LogP contribution in [-0.4, -0.2) is 28.6 Å². The van der Waals surface area contributed by atoms with Crippen LogP contribution in [0.3, 0.4) is 0 Å². The summed E-state index contributed by atoms with van der Waals surface area (Å²) in [5.74, 6) is 0.573. The number of nitriles is 1. The normalized spacial score (nSPS) is 10.2. The molecule has 0 radical (unpaired) electrons. The highest BCUT2D eigenvalue weighted by molar-refractivity contribution is 7.98. The molecule has 0 spiro atoms. The molecule has 7 heteroatoms. The zero-order chi connectivity index (χ0) is 18.4. The summed E-state index contributed by atoms with van der Waals surface area (Å²) in [5.41, 5.74) is 1.08. The minimum atomic E-state index is -0.366. The summed E-state index contributed by atoms with van der Waals surface area (Å²) < 4.78 is 7.02. The molecule has 0 saturated heterocycles. The van der Waals surface area contributed by atoms with Crippen molar-refractivity contribution in [2.24, 2.45) is 0 Å². The van der Waals surface area contributed by atoms with Crippen molar-refractivity contribution in [3.05, 3.63) is 66.2 Å². The quantitative estimate of drug-likeness (QED) is 0.677. The fourth-order valence-electron chi connectivity index (χ4n) is 2.35. The van der Waals surface area contributed by atoms with E-state index >= 15 is 0 Å². The van der Waals surface area contributed by atoms with Crippen LogP contribution in [0.2, 0.25) is 0 Å². The van der Waals surface area contributed by atoms with Gasteiger partial charge in [-0.1, -0.05) is 36.4 Å². The number of aromatic nitrogens is 2. The summed E-state index contributed by atoms with van der Waals surface area (Å²) in [4.78, 5) is 12.3. The summed E-state index contributed by atoms with van der Waals surface area (Å²) in [6.45, 7) is -0.163. The Kier molecular flexibility index (Phi) is 5.56. The van der Waals surface area contributed by atoms with Gasteiger partial charge in [-0.2, -0.15) is 10.4 Å². The van der Waals surface area contributed by atoms with Crippen LogP contribution < -0.4 is 10.1 Å². The molecule has 26 heavy (non-hydrogen) atoms. The summed E-state index contributed by atoms with van der Waals surface area (Å²) in [5, 5.41) is 17.3. The predicted octanol–water partition coefficient (Wildman–Crippen LogP) is 3.48. The predicted molar refractivity (Wildman–Crippen MR) is 101 cm³/mol. The zero-order valence-corrected chi connectivity index (χ0v) is 14.9. The van der Waals surface area contributed by atoms with Gasteiger partial charge in [-0.05, 0) is 30.5 Å². The lowest BCUT2D eigenvalue weighted by atomic mass is 10.3. The topological polar surface area (TPSA) is 79.9 Å². The van der Waals surface area contributed by atoms with Gasteiger partial charge in [0.2, 0.25) is 0 Å². The third kappa shape index (κ3) is 3.87. The van der Waals surface area contributed by atoms with E-state index in [2.05, 4.69) is 16.5 Å². The highest BCUT2D eigenvalue weighted by Crippen LogP contribution is 2.28. The first-order valence-corrected chi connectivity index (χ1v) is 9.05. The first-order valence-electron chi connectivity index (χ1n) is 7.83. The van der Waals surface area contributed by atoms with Crippen LogP contribution in [-0.2, 0) is 4.79 Å². The van der Waals surface area contributed by atoms with Crippen molar-refractivity contribution in [1.29, 1.82) is 5.26 Å². The van der Waals surface area contributed by atoms with E-state index in [9.17, 15) is 10.1 Å². The van der Waals surface area contributed by atoms with Crippen LogP contribution in [0.5, 0.6) is 5.75 Å². The molecule has 0 bridgehead atoms. The zero-order valence-electron chi connectivity index (χ0n) is 14.0. The minimum Gasteiger partial charge on any atom is -0.484 e. The average molecular weight is 364 g/mol. The molecule has 0 aliphatic rings. The first-order chi connectivity index (χ1) is 12.7. The summed E-state index contributed by atoms with van der Waals surface area (Å²) >= 11 is 1.35. The van der Waals surface area contributed by atoms with Gasteiger partial charge in [-0.15, -0.1) is 11.8 Å². The van der Waals surface area contributed by atoms with Gasteiger partial charge in [0.05, 0.1) is 5.69 Å². The Morgan fingerprint density at radius 2 is 1.85 bits per heavy atom. The van der Waals surface area contributed by atoms with Crippen LogP contribution in [0.15, 0.2) is 65.7 Å². The maximum absolute atomic E-state index is 12.3. The lowest BCUT2D eigenvalue weighted by molar-refractivity contribution is -0.118. The molecule has 0 atom stereocenters. The fourth-order valence-corrected chi connectivity index (χ4v) is 2.86. The maximum atomic E-state index is 12.3. The van der Waals surface area contributed by atoms with Crippen molar-refractivity contribution in [3.63, 3.8) is 0 Å². The third-order valence-electron chi connectivity index (χ3n) is 3.53. The lowest BCUT2D eigenvalue weighted by Crippen LogP contribution is -2.22. The van der Waals surface area contributed by atoms with Crippen LogP contribution in [0.25, 0.3) is 5.69 Å². The highest BCUT2D eigenvalue weighted by atomic mass is 32.2. The molecule has 1 N–H and O–H groups in total. The molecule has 0 aliphatic carbocycles. The van der Waals surface area contributed by atoms with Gasteiger partial charge in [-0.25, -0.2) is 4.68 Å². The second kappa shape index (κ2) is 8.23. The molecule has 3 aromatic rings. The highest BCUT2D eigenvalue weighted by Gasteiger charge is 2.20. The number of ether oxygens (including phenoxy) is 1. The van der Waals surface area contributed by atoms with Crippen LogP contribution in [0.4, 0.5) is 5.82 Å². The molecule has 0 fully saturated rings. The Balaban J connectivity index is 1.85. The smallest absolute Gasteiger partial charge is 0.263 e. The monoisotopic (exact) mass is 364 g/mol. The number of rotatable bonds is 6. The molecule has 1 aromatic heterocycles. The Morgan fingerprint density at radius 1 is 1.19 bits per heavy atom. The average Bonchev–Trinajstić information content (AvgIpc) is 3.05. The number of nitrogens with zero attached hydrogens (tertiary/aromatic N) is 3. The number of carbonyl (C=O) groups excluding carboxylic acids is 1. The molecule has 0 aliphatic heterocycles. The number of nitrogens with one attached hydrogen (secondary N) is 1. The molecule has 0 unspecified atom stereocenters. The lowest BCUT2D eigenvalue weighted by Gasteiger charge is -2.10. The molecule has 1 amide bonds. The first kappa shape index (κ1) is 17.6. The van der Waals surface area contributed by atoms with Crippen molar-refractivity contribution in [1.82, 2.24) is 9.78 Å². The molecule has 0 saturated carbocycles. The van der Waals surface area contributed by atoms with Gasteiger partial charge < -0.3 is 10.1 Å². The Labute approximate surface area is 155 Å². The van der Waals surface area contributed by atoms with Crippen molar-refractivity contribution in [3.8, 4) is 17.5 Å². The summed E-state index contributed by atoms with van der Waals surface area (Å²) in [6, 6.07) is 20.5. The Hall–Kier alpha value is -3.24. The number of benzene rings is 2. The van der Waals surface area contributed by atoms with Crippen molar-refractivity contribution in [2.75, 3.05) is 18.2 Å². The number of carbonyl (C=O) groups is 1. The standard InChI is InChI=1S/C19H16N4O2S/c1-26-19-16(12-20)18(23(22-19)14-8-4-2-5-9-14)21-17(24)13-25-15-10-6-3-7-11-15/h2-11H,13H2,1H3,(H,21,24). The van der Waals surface area contributed by atoms with E-state index in [1.54, 1.807) is 16.8 Å². The van der Waals surface area contributed by atoms with Gasteiger partial charge in [0.15, 0.2) is 12.4 Å².